The Morgan fingerprint density at radius 3 is 2.70 bits per heavy atom. The normalized spacial score (nSPS) is 15.8. The first-order chi connectivity index (χ1) is 15.9. The first kappa shape index (κ1) is 23.1. The number of carbonyl (C=O) groups is 1. The molecule has 0 radical (unpaired) electrons. The van der Waals surface area contributed by atoms with Gasteiger partial charge in [0.1, 0.15) is 23.3 Å². The maximum Gasteiger partial charge on any atom is 0.338 e. The Labute approximate surface area is 201 Å². The number of aromatic nitrogens is 1. The van der Waals surface area contributed by atoms with Crippen LogP contribution in [0.15, 0.2) is 60.5 Å². The molecular weight excluding hydrogens is 512 g/mol. The summed E-state index contributed by atoms with van der Waals surface area (Å²) >= 11 is 4.49. The molecule has 0 bridgehead atoms. The summed E-state index contributed by atoms with van der Waals surface area (Å²) in [4.78, 5) is 31.6. The van der Waals surface area contributed by atoms with Gasteiger partial charge in [-0.15, -0.1) is 0 Å². The average molecular weight is 533 g/mol. The predicted molar refractivity (Wildman–Crippen MR) is 126 cm³/mol. The third-order valence-corrected chi connectivity index (χ3v) is 6.53. The largest absolute Gasteiger partial charge is 0.497 e. The summed E-state index contributed by atoms with van der Waals surface area (Å²) < 4.78 is 24.2. The van der Waals surface area contributed by atoms with Crippen molar-refractivity contribution in [3.05, 3.63) is 77.3 Å². The van der Waals surface area contributed by atoms with Gasteiger partial charge in [0.25, 0.3) is 5.56 Å². The zero-order chi connectivity index (χ0) is 23.7. The number of hydrogen-bond donors (Lipinski definition) is 0. The molecule has 33 heavy (non-hydrogen) atoms. The molecule has 1 atom stereocenters. The van der Waals surface area contributed by atoms with Crippen molar-refractivity contribution in [2.24, 2.45) is 4.99 Å². The maximum absolute atomic E-state index is 13.6. The van der Waals surface area contributed by atoms with Crippen LogP contribution in [0.2, 0.25) is 0 Å². The second-order valence-corrected chi connectivity index (χ2v) is 8.84. The fraction of sp³-hybridized carbons (Fsp3) is 0.261. The second kappa shape index (κ2) is 9.40. The van der Waals surface area contributed by atoms with Gasteiger partial charge in [0, 0.05) is 17.7 Å². The molecule has 1 aliphatic heterocycles. The van der Waals surface area contributed by atoms with Gasteiger partial charge < -0.3 is 18.6 Å². The molecule has 0 saturated heterocycles. The Kier molecular flexibility index (Phi) is 6.57. The van der Waals surface area contributed by atoms with E-state index in [1.165, 1.54) is 23.0 Å². The minimum absolute atomic E-state index is 0.194. The number of rotatable bonds is 6. The highest BCUT2D eigenvalue weighted by Crippen LogP contribution is 2.37. The molecule has 10 heteroatoms. The first-order valence-corrected chi connectivity index (χ1v) is 11.7. The summed E-state index contributed by atoms with van der Waals surface area (Å²) in [6.45, 7) is 3.66. The molecule has 0 spiro atoms. The Bertz CT molecular complexity index is 1430. The fourth-order valence-corrected chi connectivity index (χ4v) is 5.01. The lowest BCUT2D eigenvalue weighted by Crippen LogP contribution is -2.40. The van der Waals surface area contributed by atoms with Gasteiger partial charge in [-0.05, 0) is 54.0 Å². The van der Waals surface area contributed by atoms with Gasteiger partial charge >= 0.3 is 5.97 Å². The number of hydrogen-bond acceptors (Lipinski definition) is 8. The molecule has 0 unspecified atom stereocenters. The van der Waals surface area contributed by atoms with Crippen LogP contribution < -0.4 is 24.4 Å². The van der Waals surface area contributed by atoms with Crippen molar-refractivity contribution in [2.75, 3.05) is 20.8 Å². The van der Waals surface area contributed by atoms with Crippen molar-refractivity contribution in [2.45, 2.75) is 19.9 Å². The number of thiazole rings is 1. The summed E-state index contributed by atoms with van der Waals surface area (Å²) in [5.74, 6) is 1.04. The summed E-state index contributed by atoms with van der Waals surface area (Å²) in [5, 5.41) is 0. The van der Waals surface area contributed by atoms with Crippen LogP contribution in [-0.2, 0) is 9.53 Å². The van der Waals surface area contributed by atoms with Gasteiger partial charge in [0.05, 0.1) is 36.6 Å². The van der Waals surface area contributed by atoms with Crippen LogP contribution in [0.1, 0.15) is 31.2 Å². The molecule has 4 rings (SSSR count). The number of esters is 1. The van der Waals surface area contributed by atoms with Gasteiger partial charge in [-0.25, -0.2) is 9.79 Å². The molecular formula is C23H21BrN2O6S. The van der Waals surface area contributed by atoms with Crippen molar-refractivity contribution in [3.8, 4) is 11.5 Å². The minimum atomic E-state index is -0.786. The Morgan fingerprint density at radius 1 is 1.27 bits per heavy atom. The number of fused-ring (bicyclic) bond motifs is 1. The number of furan rings is 1. The lowest BCUT2D eigenvalue weighted by molar-refractivity contribution is -0.139. The van der Waals surface area contributed by atoms with Crippen molar-refractivity contribution < 1.29 is 23.4 Å². The van der Waals surface area contributed by atoms with Crippen LogP contribution in [-0.4, -0.2) is 31.4 Å². The van der Waals surface area contributed by atoms with Crippen molar-refractivity contribution >= 4 is 39.3 Å². The number of carbonyl (C=O) groups excluding carboxylic acids is 1. The van der Waals surface area contributed by atoms with E-state index in [2.05, 4.69) is 20.9 Å². The summed E-state index contributed by atoms with van der Waals surface area (Å²) in [5.41, 5.74) is 1.07. The monoisotopic (exact) mass is 532 g/mol. The van der Waals surface area contributed by atoms with Crippen LogP contribution in [0.4, 0.5) is 0 Å². The maximum atomic E-state index is 13.6. The highest BCUT2D eigenvalue weighted by Gasteiger charge is 2.35. The van der Waals surface area contributed by atoms with Crippen LogP contribution in [0, 0.1) is 0 Å². The molecule has 172 valence electrons. The van der Waals surface area contributed by atoms with Crippen molar-refractivity contribution in [3.63, 3.8) is 0 Å². The van der Waals surface area contributed by atoms with E-state index >= 15 is 0 Å². The van der Waals surface area contributed by atoms with Crippen molar-refractivity contribution in [1.29, 1.82) is 0 Å². The molecule has 1 aliphatic rings. The highest BCUT2D eigenvalue weighted by atomic mass is 79.9. The Morgan fingerprint density at radius 2 is 2.06 bits per heavy atom. The molecule has 3 heterocycles. The standard InChI is InChI=1S/C23H21BrN2O6S/c1-5-31-22(28)19-12(2)25-23-26(20(19)15-8-6-13(29-3)10-16(15)30-4)21(27)17(33-23)11-14-7-9-18(24)32-14/h6-11,20H,5H2,1-4H3/b17-11-/t20-/m1/s1. The zero-order valence-corrected chi connectivity index (χ0v) is 20.8. The average Bonchev–Trinajstić information content (AvgIpc) is 3.34. The van der Waals surface area contributed by atoms with Crippen molar-refractivity contribution in [1.82, 2.24) is 4.57 Å². The van der Waals surface area contributed by atoms with Gasteiger partial charge in [-0.1, -0.05) is 11.3 Å². The smallest absolute Gasteiger partial charge is 0.338 e. The number of ether oxygens (including phenoxy) is 3. The number of nitrogens with zero attached hydrogens (tertiary/aromatic N) is 2. The quantitative estimate of drug-likeness (QED) is 0.452. The van der Waals surface area contributed by atoms with E-state index < -0.39 is 12.0 Å². The number of halogens is 1. The van der Waals surface area contributed by atoms with E-state index in [9.17, 15) is 9.59 Å². The SMILES string of the molecule is CCOC(=O)C1=C(C)N=c2s/c(=C\c3ccc(Br)o3)c(=O)n2[C@@H]1c1ccc(OC)cc1OC. The van der Waals surface area contributed by atoms with Gasteiger partial charge in [0.15, 0.2) is 9.47 Å². The molecule has 8 nitrogen and oxygen atoms in total. The number of allylic oxidation sites excluding steroid dienone is 1. The molecule has 1 aromatic carbocycles. The third-order valence-electron chi connectivity index (χ3n) is 5.12. The number of benzene rings is 1. The molecule has 0 saturated carbocycles. The van der Waals surface area contributed by atoms with Crippen LogP contribution >= 0.6 is 27.3 Å². The lowest BCUT2D eigenvalue weighted by atomic mass is 9.95. The van der Waals surface area contributed by atoms with Crippen LogP contribution in [0.3, 0.4) is 0 Å². The van der Waals surface area contributed by atoms with Gasteiger partial charge in [0.2, 0.25) is 0 Å². The lowest BCUT2D eigenvalue weighted by Gasteiger charge is -2.26. The molecule has 2 aromatic heterocycles. The van der Waals surface area contributed by atoms with E-state index in [1.807, 2.05) is 0 Å². The molecule has 0 aliphatic carbocycles. The Hall–Kier alpha value is -3.11. The van der Waals surface area contributed by atoms with E-state index in [-0.39, 0.29) is 17.7 Å². The summed E-state index contributed by atoms with van der Waals surface area (Å²) in [6, 6.07) is 7.96. The summed E-state index contributed by atoms with van der Waals surface area (Å²) in [7, 11) is 3.08. The van der Waals surface area contributed by atoms with E-state index in [0.717, 1.165) is 0 Å². The van der Waals surface area contributed by atoms with Gasteiger partial charge in [-0.2, -0.15) is 0 Å². The predicted octanol–water partition coefficient (Wildman–Crippen LogP) is 3.17. The van der Waals surface area contributed by atoms with Crippen LogP contribution in [0.25, 0.3) is 6.08 Å². The molecule has 0 N–H and O–H groups in total. The fourth-order valence-electron chi connectivity index (χ4n) is 3.67. The third kappa shape index (κ3) is 4.28. The highest BCUT2D eigenvalue weighted by molar-refractivity contribution is 9.10. The van der Waals surface area contributed by atoms with E-state index in [1.54, 1.807) is 57.4 Å². The van der Waals surface area contributed by atoms with Gasteiger partial charge in [-0.3, -0.25) is 9.36 Å². The first-order valence-electron chi connectivity index (χ1n) is 10.0. The van der Waals surface area contributed by atoms with E-state index in [0.29, 0.717) is 42.5 Å². The summed E-state index contributed by atoms with van der Waals surface area (Å²) in [6.07, 6.45) is 1.65. The Balaban J connectivity index is 2.00. The second-order valence-electron chi connectivity index (χ2n) is 7.05. The zero-order valence-electron chi connectivity index (χ0n) is 18.4. The number of methoxy groups -OCH3 is 2. The molecule has 0 amide bonds. The molecule has 0 fully saturated rings. The topological polar surface area (TPSA) is 92.3 Å². The van der Waals surface area contributed by atoms with Crippen LogP contribution in [0.5, 0.6) is 11.5 Å². The molecule has 3 aromatic rings. The minimum Gasteiger partial charge on any atom is -0.497 e. The van der Waals surface area contributed by atoms with E-state index in [4.69, 9.17) is 18.6 Å².